The number of carbonyl (C=O) groups excluding carboxylic acids is 1. The molecule has 0 spiro atoms. The predicted molar refractivity (Wildman–Crippen MR) is 73.0 cm³/mol. The largest absolute Gasteiger partial charge is 0.319 e. The van der Waals surface area contributed by atoms with Crippen LogP contribution in [0.3, 0.4) is 0 Å². The lowest BCUT2D eigenvalue weighted by Gasteiger charge is -2.30. The minimum atomic E-state index is -0.0378. The standard InChI is InChI=1S/C15H22N2O/c1-4-11(3)17-14(12-9-7-6-8-10-12)16-13(5-2)15(17)18/h6-11,13-14,16H,4-5H2,1-3H3. The van der Waals surface area contributed by atoms with Crippen molar-refractivity contribution in [3.63, 3.8) is 0 Å². The Balaban J connectivity index is 2.30. The highest BCUT2D eigenvalue weighted by molar-refractivity contribution is 5.84. The molecule has 98 valence electrons. The van der Waals surface area contributed by atoms with Crippen molar-refractivity contribution in [1.29, 1.82) is 0 Å². The maximum absolute atomic E-state index is 12.4. The van der Waals surface area contributed by atoms with Crippen molar-refractivity contribution in [2.75, 3.05) is 0 Å². The first-order valence-electron chi connectivity index (χ1n) is 6.82. The quantitative estimate of drug-likeness (QED) is 0.886. The smallest absolute Gasteiger partial charge is 0.241 e. The van der Waals surface area contributed by atoms with Crippen LogP contribution in [0.2, 0.25) is 0 Å². The molecule has 1 saturated heterocycles. The fourth-order valence-corrected chi connectivity index (χ4v) is 2.50. The number of carbonyl (C=O) groups is 1. The summed E-state index contributed by atoms with van der Waals surface area (Å²) in [4.78, 5) is 14.4. The van der Waals surface area contributed by atoms with E-state index in [2.05, 4.69) is 38.2 Å². The number of rotatable bonds is 4. The first-order valence-corrected chi connectivity index (χ1v) is 6.82. The van der Waals surface area contributed by atoms with E-state index in [4.69, 9.17) is 0 Å². The summed E-state index contributed by atoms with van der Waals surface area (Å²) in [5.74, 6) is 0.237. The van der Waals surface area contributed by atoms with Gasteiger partial charge in [0, 0.05) is 6.04 Å². The topological polar surface area (TPSA) is 32.3 Å². The highest BCUT2D eigenvalue weighted by Crippen LogP contribution is 2.29. The SMILES string of the molecule is CCC1NC(c2ccccc2)N(C(C)CC)C1=O. The van der Waals surface area contributed by atoms with Crippen molar-refractivity contribution in [3.8, 4) is 0 Å². The van der Waals surface area contributed by atoms with E-state index in [0.29, 0.717) is 0 Å². The van der Waals surface area contributed by atoms with Gasteiger partial charge in [0.2, 0.25) is 5.91 Å². The Morgan fingerprint density at radius 3 is 2.50 bits per heavy atom. The van der Waals surface area contributed by atoms with Gasteiger partial charge in [-0.25, -0.2) is 0 Å². The summed E-state index contributed by atoms with van der Waals surface area (Å²) in [5, 5.41) is 3.45. The average molecular weight is 246 g/mol. The minimum absolute atomic E-state index is 0.0265. The van der Waals surface area contributed by atoms with Crippen LogP contribution in [0.5, 0.6) is 0 Å². The molecule has 3 atom stereocenters. The molecular formula is C15H22N2O. The summed E-state index contributed by atoms with van der Waals surface area (Å²) < 4.78 is 0. The van der Waals surface area contributed by atoms with E-state index in [1.165, 1.54) is 5.56 Å². The lowest BCUT2D eigenvalue weighted by molar-refractivity contribution is -0.132. The highest BCUT2D eigenvalue weighted by Gasteiger charge is 2.40. The zero-order chi connectivity index (χ0) is 13.1. The fraction of sp³-hybridized carbons (Fsp3) is 0.533. The second-order valence-electron chi connectivity index (χ2n) is 4.94. The monoisotopic (exact) mass is 246 g/mol. The molecule has 1 aromatic carbocycles. The summed E-state index contributed by atoms with van der Waals surface area (Å²) in [6, 6.07) is 10.4. The van der Waals surface area contributed by atoms with Gasteiger partial charge < -0.3 is 4.90 Å². The maximum Gasteiger partial charge on any atom is 0.241 e. The molecule has 1 fully saturated rings. The third-order valence-electron chi connectivity index (χ3n) is 3.78. The van der Waals surface area contributed by atoms with Crippen LogP contribution in [0.4, 0.5) is 0 Å². The third kappa shape index (κ3) is 2.27. The summed E-state index contributed by atoms with van der Waals surface area (Å²) in [5.41, 5.74) is 1.17. The van der Waals surface area contributed by atoms with Gasteiger partial charge in [-0.05, 0) is 25.3 Å². The zero-order valence-electron chi connectivity index (χ0n) is 11.4. The minimum Gasteiger partial charge on any atom is -0.319 e. The molecule has 1 heterocycles. The third-order valence-corrected chi connectivity index (χ3v) is 3.78. The molecule has 0 bridgehead atoms. The molecule has 0 radical (unpaired) electrons. The second kappa shape index (κ2) is 5.53. The van der Waals surface area contributed by atoms with E-state index < -0.39 is 0 Å². The Morgan fingerprint density at radius 2 is 1.94 bits per heavy atom. The number of benzene rings is 1. The average Bonchev–Trinajstić information content (AvgIpc) is 2.76. The predicted octanol–water partition coefficient (Wildman–Crippen LogP) is 2.69. The Labute approximate surface area is 109 Å². The molecule has 1 aromatic rings. The van der Waals surface area contributed by atoms with Crippen LogP contribution in [-0.4, -0.2) is 22.9 Å². The van der Waals surface area contributed by atoms with Crippen LogP contribution < -0.4 is 5.32 Å². The molecule has 1 N–H and O–H groups in total. The van der Waals surface area contributed by atoms with Gasteiger partial charge in [-0.15, -0.1) is 0 Å². The molecule has 2 rings (SSSR count). The van der Waals surface area contributed by atoms with Crippen molar-refractivity contribution in [2.24, 2.45) is 0 Å². The van der Waals surface area contributed by atoms with Crippen LogP contribution in [0.15, 0.2) is 30.3 Å². The van der Waals surface area contributed by atoms with E-state index in [-0.39, 0.29) is 24.2 Å². The van der Waals surface area contributed by atoms with E-state index >= 15 is 0 Å². The number of nitrogens with zero attached hydrogens (tertiary/aromatic N) is 1. The summed E-state index contributed by atoms with van der Waals surface area (Å²) in [6.07, 6.45) is 1.85. The molecule has 3 nitrogen and oxygen atoms in total. The van der Waals surface area contributed by atoms with Crippen molar-refractivity contribution in [3.05, 3.63) is 35.9 Å². The van der Waals surface area contributed by atoms with Gasteiger partial charge >= 0.3 is 0 Å². The van der Waals surface area contributed by atoms with Gasteiger partial charge in [-0.1, -0.05) is 44.2 Å². The van der Waals surface area contributed by atoms with Crippen molar-refractivity contribution in [1.82, 2.24) is 10.2 Å². The van der Waals surface area contributed by atoms with Gasteiger partial charge in [0.05, 0.1) is 6.04 Å². The summed E-state index contributed by atoms with van der Waals surface area (Å²) in [7, 11) is 0. The number of nitrogens with one attached hydrogen (secondary N) is 1. The lowest BCUT2D eigenvalue weighted by Crippen LogP contribution is -2.38. The molecule has 1 amide bonds. The lowest BCUT2D eigenvalue weighted by atomic mass is 10.1. The number of hydrogen-bond acceptors (Lipinski definition) is 2. The van der Waals surface area contributed by atoms with Crippen LogP contribution in [0.25, 0.3) is 0 Å². The Bertz CT molecular complexity index is 404. The van der Waals surface area contributed by atoms with E-state index in [1.807, 2.05) is 23.1 Å². The Kier molecular flexibility index (Phi) is 4.02. The van der Waals surface area contributed by atoms with Crippen molar-refractivity contribution < 1.29 is 4.79 Å². The number of amides is 1. The molecular weight excluding hydrogens is 224 g/mol. The Hall–Kier alpha value is -1.35. The fourth-order valence-electron chi connectivity index (χ4n) is 2.50. The molecule has 1 aliphatic heterocycles. The molecule has 18 heavy (non-hydrogen) atoms. The second-order valence-corrected chi connectivity index (χ2v) is 4.94. The summed E-state index contributed by atoms with van der Waals surface area (Å²) >= 11 is 0. The molecule has 0 saturated carbocycles. The first-order chi connectivity index (χ1) is 8.69. The van der Waals surface area contributed by atoms with Crippen LogP contribution >= 0.6 is 0 Å². The van der Waals surface area contributed by atoms with Gasteiger partial charge in [0.15, 0.2) is 0 Å². The van der Waals surface area contributed by atoms with E-state index in [9.17, 15) is 4.79 Å². The van der Waals surface area contributed by atoms with Crippen LogP contribution in [-0.2, 0) is 4.79 Å². The van der Waals surface area contributed by atoms with Crippen LogP contribution in [0.1, 0.15) is 45.3 Å². The first kappa shape index (κ1) is 13.1. The molecule has 3 unspecified atom stereocenters. The molecule has 3 heteroatoms. The van der Waals surface area contributed by atoms with Gasteiger partial charge in [0.25, 0.3) is 0 Å². The van der Waals surface area contributed by atoms with Gasteiger partial charge in [-0.2, -0.15) is 0 Å². The van der Waals surface area contributed by atoms with E-state index in [1.54, 1.807) is 0 Å². The highest BCUT2D eigenvalue weighted by atomic mass is 16.2. The molecule has 0 aromatic heterocycles. The van der Waals surface area contributed by atoms with Gasteiger partial charge in [-0.3, -0.25) is 10.1 Å². The normalized spacial score (nSPS) is 25.5. The molecule has 0 aliphatic carbocycles. The van der Waals surface area contributed by atoms with Crippen molar-refractivity contribution >= 4 is 5.91 Å². The number of hydrogen-bond donors (Lipinski definition) is 1. The maximum atomic E-state index is 12.4. The zero-order valence-corrected chi connectivity index (χ0v) is 11.4. The van der Waals surface area contributed by atoms with Gasteiger partial charge in [0.1, 0.15) is 6.17 Å². The van der Waals surface area contributed by atoms with E-state index in [0.717, 1.165) is 12.8 Å². The van der Waals surface area contributed by atoms with Crippen molar-refractivity contribution in [2.45, 2.75) is 51.9 Å². The Morgan fingerprint density at radius 1 is 1.28 bits per heavy atom. The molecule has 1 aliphatic rings. The van der Waals surface area contributed by atoms with Crippen LogP contribution in [0, 0.1) is 0 Å². The summed E-state index contributed by atoms with van der Waals surface area (Å²) in [6.45, 7) is 6.30.